The maximum absolute atomic E-state index is 11.6. The first-order valence-corrected chi connectivity index (χ1v) is 6.49. The van der Waals surface area contributed by atoms with Crippen molar-refractivity contribution in [3.63, 3.8) is 0 Å². The van der Waals surface area contributed by atoms with Crippen molar-refractivity contribution < 1.29 is 4.79 Å². The number of H-pyrrole nitrogens is 1. The number of rotatable bonds is 2. The van der Waals surface area contributed by atoms with Crippen LogP contribution in [0.3, 0.4) is 0 Å². The highest BCUT2D eigenvalue weighted by Gasteiger charge is 2.28. The lowest BCUT2D eigenvalue weighted by molar-refractivity contribution is -0.129. The van der Waals surface area contributed by atoms with Crippen molar-refractivity contribution in [3.8, 4) is 11.4 Å². The molecule has 2 aromatic rings. The first-order chi connectivity index (χ1) is 9.25. The van der Waals surface area contributed by atoms with Crippen LogP contribution in [0.4, 0.5) is 0 Å². The van der Waals surface area contributed by atoms with E-state index in [0.29, 0.717) is 0 Å². The minimum Gasteiger partial charge on any atom is -0.334 e. The van der Waals surface area contributed by atoms with Crippen LogP contribution >= 0.6 is 0 Å². The van der Waals surface area contributed by atoms with Gasteiger partial charge in [0.25, 0.3) is 0 Å². The lowest BCUT2D eigenvalue weighted by atomic mass is 10.1. The second-order valence-corrected chi connectivity index (χ2v) is 4.79. The highest BCUT2D eigenvalue weighted by molar-refractivity contribution is 5.74. The molecule has 1 atom stereocenters. The van der Waals surface area contributed by atoms with E-state index in [1.807, 2.05) is 29.2 Å². The smallest absolute Gasteiger partial charge is 0.220 e. The zero-order chi connectivity index (χ0) is 13.2. The van der Waals surface area contributed by atoms with Crippen LogP contribution in [0.2, 0.25) is 0 Å². The van der Waals surface area contributed by atoms with Crippen molar-refractivity contribution in [1.82, 2.24) is 20.1 Å². The van der Waals surface area contributed by atoms with Crippen LogP contribution in [0.25, 0.3) is 11.4 Å². The monoisotopic (exact) mass is 256 g/mol. The molecule has 0 radical (unpaired) electrons. The molecule has 0 aliphatic carbocycles. The van der Waals surface area contributed by atoms with Crippen molar-refractivity contribution in [2.75, 3.05) is 6.54 Å². The van der Waals surface area contributed by atoms with Crippen LogP contribution in [-0.4, -0.2) is 32.5 Å². The van der Waals surface area contributed by atoms with Crippen LogP contribution < -0.4 is 0 Å². The van der Waals surface area contributed by atoms with Gasteiger partial charge in [0.2, 0.25) is 5.91 Å². The molecule has 1 aliphatic heterocycles. The SMILES string of the molecule is CC(=O)N1CCC[C@H]1c1cccc(-c2ccn[nH]2)n1. The zero-order valence-electron chi connectivity index (χ0n) is 10.8. The van der Waals surface area contributed by atoms with E-state index in [1.54, 1.807) is 13.1 Å². The molecule has 0 saturated carbocycles. The Kier molecular flexibility index (Phi) is 3.03. The van der Waals surface area contributed by atoms with Gasteiger partial charge in [-0.2, -0.15) is 5.10 Å². The van der Waals surface area contributed by atoms with E-state index in [-0.39, 0.29) is 11.9 Å². The third kappa shape index (κ3) is 2.23. The number of carbonyl (C=O) groups is 1. The number of nitrogens with one attached hydrogen (secondary N) is 1. The number of aromatic nitrogens is 3. The van der Waals surface area contributed by atoms with Crippen molar-refractivity contribution >= 4 is 5.91 Å². The fraction of sp³-hybridized carbons (Fsp3) is 0.357. The molecule has 3 heterocycles. The van der Waals surface area contributed by atoms with Crippen molar-refractivity contribution in [2.24, 2.45) is 0 Å². The minimum atomic E-state index is 0.111. The van der Waals surface area contributed by atoms with Gasteiger partial charge in [0.05, 0.1) is 23.1 Å². The van der Waals surface area contributed by atoms with E-state index in [9.17, 15) is 4.79 Å². The molecule has 0 aromatic carbocycles. The number of carbonyl (C=O) groups excluding carboxylic acids is 1. The Morgan fingerprint density at radius 3 is 3.05 bits per heavy atom. The number of hydrogen-bond donors (Lipinski definition) is 1. The lowest BCUT2D eigenvalue weighted by Gasteiger charge is -2.23. The summed E-state index contributed by atoms with van der Waals surface area (Å²) < 4.78 is 0. The Hall–Kier alpha value is -2.17. The van der Waals surface area contributed by atoms with E-state index >= 15 is 0 Å². The minimum absolute atomic E-state index is 0.111. The molecule has 5 heteroatoms. The Labute approximate surface area is 111 Å². The predicted octanol–water partition coefficient (Wildman–Crippen LogP) is 2.16. The summed E-state index contributed by atoms with van der Waals surface area (Å²) in [5.74, 6) is 0.122. The fourth-order valence-corrected chi connectivity index (χ4v) is 2.64. The summed E-state index contributed by atoms with van der Waals surface area (Å²) in [6, 6.07) is 7.93. The number of hydrogen-bond acceptors (Lipinski definition) is 3. The van der Waals surface area contributed by atoms with Crippen molar-refractivity contribution in [2.45, 2.75) is 25.8 Å². The van der Waals surface area contributed by atoms with Gasteiger partial charge in [0.1, 0.15) is 0 Å². The largest absolute Gasteiger partial charge is 0.334 e. The van der Waals surface area contributed by atoms with E-state index in [2.05, 4.69) is 15.2 Å². The Bertz CT molecular complexity index is 579. The molecule has 0 unspecified atom stereocenters. The van der Waals surface area contributed by atoms with Gasteiger partial charge in [-0.15, -0.1) is 0 Å². The topological polar surface area (TPSA) is 61.9 Å². The summed E-state index contributed by atoms with van der Waals surface area (Å²) in [4.78, 5) is 18.2. The maximum Gasteiger partial charge on any atom is 0.220 e. The number of nitrogens with zero attached hydrogens (tertiary/aromatic N) is 3. The van der Waals surface area contributed by atoms with Crippen LogP contribution in [0.15, 0.2) is 30.5 Å². The van der Waals surface area contributed by atoms with Gasteiger partial charge in [-0.3, -0.25) is 9.89 Å². The van der Waals surface area contributed by atoms with Gasteiger partial charge in [0.15, 0.2) is 0 Å². The van der Waals surface area contributed by atoms with Crippen molar-refractivity contribution in [1.29, 1.82) is 0 Å². The molecule has 1 amide bonds. The third-order valence-electron chi connectivity index (χ3n) is 3.55. The molecule has 98 valence electrons. The zero-order valence-corrected chi connectivity index (χ0v) is 10.8. The van der Waals surface area contributed by atoms with Gasteiger partial charge in [-0.05, 0) is 31.0 Å². The molecular weight excluding hydrogens is 240 g/mol. The van der Waals surface area contributed by atoms with Gasteiger partial charge in [-0.25, -0.2) is 4.98 Å². The molecule has 1 saturated heterocycles. The highest BCUT2D eigenvalue weighted by atomic mass is 16.2. The fourth-order valence-electron chi connectivity index (χ4n) is 2.64. The summed E-state index contributed by atoms with van der Waals surface area (Å²) in [6.45, 7) is 2.45. The van der Waals surface area contributed by atoms with Gasteiger partial charge in [-0.1, -0.05) is 6.07 Å². The molecule has 3 rings (SSSR count). The van der Waals surface area contributed by atoms with Crippen LogP contribution in [0, 0.1) is 0 Å². The first kappa shape index (κ1) is 11.9. The number of likely N-dealkylation sites (tertiary alicyclic amines) is 1. The number of amides is 1. The number of pyridine rings is 1. The average Bonchev–Trinajstić information content (AvgIpc) is 3.10. The second-order valence-electron chi connectivity index (χ2n) is 4.79. The Balaban J connectivity index is 1.93. The number of aromatic amines is 1. The standard InChI is InChI=1S/C14H16N4O/c1-10(19)18-9-3-6-14(18)13-5-2-4-11(16-13)12-7-8-15-17-12/h2,4-5,7-8,14H,3,6,9H2,1H3,(H,15,17)/t14-/m0/s1. The van der Waals surface area contributed by atoms with Crippen molar-refractivity contribution in [3.05, 3.63) is 36.2 Å². The molecule has 5 nitrogen and oxygen atoms in total. The van der Waals surface area contributed by atoms with Gasteiger partial charge in [0, 0.05) is 19.7 Å². The molecule has 1 fully saturated rings. The predicted molar refractivity (Wildman–Crippen MR) is 71.2 cm³/mol. The Morgan fingerprint density at radius 1 is 1.42 bits per heavy atom. The molecular formula is C14H16N4O. The van der Waals surface area contributed by atoms with Gasteiger partial charge >= 0.3 is 0 Å². The van der Waals surface area contributed by atoms with Gasteiger partial charge < -0.3 is 4.90 Å². The van der Waals surface area contributed by atoms with E-state index in [0.717, 1.165) is 36.5 Å². The lowest BCUT2D eigenvalue weighted by Crippen LogP contribution is -2.28. The summed E-state index contributed by atoms with van der Waals surface area (Å²) >= 11 is 0. The summed E-state index contributed by atoms with van der Waals surface area (Å²) in [6.07, 6.45) is 3.74. The van der Waals surface area contributed by atoms with Crippen LogP contribution in [0.1, 0.15) is 31.5 Å². The third-order valence-corrected chi connectivity index (χ3v) is 3.55. The molecule has 0 spiro atoms. The Morgan fingerprint density at radius 2 is 2.32 bits per heavy atom. The van der Waals surface area contributed by atoms with E-state index in [4.69, 9.17) is 0 Å². The first-order valence-electron chi connectivity index (χ1n) is 6.49. The molecule has 2 aromatic heterocycles. The van der Waals surface area contributed by atoms with Crippen LogP contribution in [-0.2, 0) is 4.79 Å². The molecule has 19 heavy (non-hydrogen) atoms. The normalized spacial score (nSPS) is 18.8. The summed E-state index contributed by atoms with van der Waals surface area (Å²) in [5, 5.41) is 6.85. The summed E-state index contributed by atoms with van der Waals surface area (Å²) in [5.41, 5.74) is 2.72. The molecule has 1 N–H and O–H groups in total. The van der Waals surface area contributed by atoms with E-state index < -0.39 is 0 Å². The van der Waals surface area contributed by atoms with Crippen LogP contribution in [0.5, 0.6) is 0 Å². The maximum atomic E-state index is 11.6. The second kappa shape index (κ2) is 4.84. The van der Waals surface area contributed by atoms with E-state index in [1.165, 1.54) is 0 Å². The quantitative estimate of drug-likeness (QED) is 0.895. The summed E-state index contributed by atoms with van der Waals surface area (Å²) in [7, 11) is 0. The molecule has 0 bridgehead atoms. The highest BCUT2D eigenvalue weighted by Crippen LogP contribution is 2.31. The average molecular weight is 256 g/mol. The molecule has 1 aliphatic rings.